The fourth-order valence-corrected chi connectivity index (χ4v) is 6.81. The Labute approximate surface area is 329 Å². The summed E-state index contributed by atoms with van der Waals surface area (Å²) < 4.78 is 46.0. The predicted molar refractivity (Wildman–Crippen MR) is 209 cm³/mol. The van der Waals surface area contributed by atoms with Crippen LogP contribution in [0.15, 0.2) is 115 Å². The number of pyridine rings is 1. The normalized spacial score (nSPS) is 12.2. The SMILES string of the molecule is Cc1cnc(-c2[c-]c(-c3cccc4c3nc(-c3cc(C(C)(C)C)cc(C(C)(C)C)c3O)n4C(F)(F)F)cc(-c3ccccc3)c2)cc1-c1ccccc1.[Pt]. The molecule has 0 saturated heterocycles. The molecule has 0 saturated carbocycles. The summed E-state index contributed by atoms with van der Waals surface area (Å²) >= 11 is 0. The minimum absolute atomic E-state index is 0. The minimum atomic E-state index is -4.84. The van der Waals surface area contributed by atoms with E-state index in [1.165, 1.54) is 6.07 Å². The largest absolute Gasteiger partial charge is 0.507 e. The first kappa shape index (κ1) is 38.7. The zero-order chi connectivity index (χ0) is 37.9. The van der Waals surface area contributed by atoms with Crippen molar-refractivity contribution in [3.63, 3.8) is 0 Å². The van der Waals surface area contributed by atoms with E-state index < -0.39 is 17.1 Å². The summed E-state index contributed by atoms with van der Waals surface area (Å²) in [4.78, 5) is 9.55. The van der Waals surface area contributed by atoms with Gasteiger partial charge in [0.2, 0.25) is 0 Å². The van der Waals surface area contributed by atoms with Gasteiger partial charge in [0.15, 0.2) is 5.82 Å². The van der Waals surface area contributed by atoms with Crippen LogP contribution < -0.4 is 0 Å². The van der Waals surface area contributed by atoms with Crippen molar-refractivity contribution < 1.29 is 39.3 Å². The van der Waals surface area contributed by atoms with E-state index in [2.05, 4.69) is 18.2 Å². The number of hydrogen-bond acceptors (Lipinski definition) is 3. The van der Waals surface area contributed by atoms with Gasteiger partial charge in [0.25, 0.3) is 0 Å². The summed E-state index contributed by atoms with van der Waals surface area (Å²) in [6, 6.07) is 37.7. The molecule has 0 fully saturated rings. The van der Waals surface area contributed by atoms with Crippen molar-refractivity contribution in [3.05, 3.63) is 138 Å². The number of imidazole rings is 1. The van der Waals surface area contributed by atoms with E-state index in [-0.39, 0.29) is 53.8 Å². The van der Waals surface area contributed by atoms with Gasteiger partial charge in [0.05, 0.1) is 16.6 Å². The number of fused-ring (bicyclic) bond motifs is 1. The zero-order valence-corrected chi connectivity index (χ0v) is 33.5. The second kappa shape index (κ2) is 14.3. The van der Waals surface area contributed by atoms with Crippen molar-refractivity contribution in [2.45, 2.75) is 65.6 Å². The molecule has 0 bridgehead atoms. The number of phenolic OH excluding ortho intramolecular Hbond substituents is 1. The molecule has 0 aliphatic rings. The topological polar surface area (TPSA) is 50.9 Å². The summed E-state index contributed by atoms with van der Waals surface area (Å²) in [5, 5.41) is 11.7. The van der Waals surface area contributed by atoms with Crippen LogP contribution >= 0.6 is 0 Å². The first-order chi connectivity index (χ1) is 25.0. The van der Waals surface area contributed by atoms with E-state index in [0.717, 1.165) is 33.4 Å². The Morgan fingerprint density at radius 2 is 1.28 bits per heavy atom. The molecule has 54 heavy (non-hydrogen) atoms. The van der Waals surface area contributed by atoms with Gasteiger partial charge in [-0.2, -0.15) is 0 Å². The number of aromatic nitrogens is 3. The van der Waals surface area contributed by atoms with Crippen molar-refractivity contribution in [3.8, 4) is 61.8 Å². The third kappa shape index (κ3) is 7.39. The average molecular weight is 904 g/mol. The van der Waals surface area contributed by atoms with E-state index in [9.17, 15) is 5.11 Å². The van der Waals surface area contributed by atoms with Crippen molar-refractivity contribution in [2.75, 3.05) is 0 Å². The van der Waals surface area contributed by atoms with Gasteiger partial charge in [-0.3, -0.25) is 4.98 Å². The molecule has 0 aliphatic carbocycles. The first-order valence-electron chi connectivity index (χ1n) is 17.6. The molecule has 0 aliphatic heterocycles. The van der Waals surface area contributed by atoms with E-state index in [1.807, 2.05) is 127 Å². The molecule has 0 atom stereocenters. The minimum Gasteiger partial charge on any atom is -0.507 e. The Kier molecular flexibility index (Phi) is 10.3. The number of alkyl halides is 3. The Bertz CT molecular complexity index is 2480. The maximum absolute atomic E-state index is 15.2. The summed E-state index contributed by atoms with van der Waals surface area (Å²) in [6.07, 6.45) is -3.00. The number of nitrogens with zero attached hydrogens (tertiary/aromatic N) is 3. The number of para-hydroxylation sites is 1. The predicted octanol–water partition coefficient (Wildman–Crippen LogP) is 12.6. The number of aryl methyl sites for hydroxylation is 1. The van der Waals surface area contributed by atoms with Gasteiger partial charge in [-0.25, -0.2) is 9.55 Å². The van der Waals surface area contributed by atoms with Crippen molar-refractivity contribution >= 4 is 11.0 Å². The Morgan fingerprint density at radius 1 is 0.648 bits per heavy atom. The average Bonchev–Trinajstić information content (AvgIpc) is 3.52. The van der Waals surface area contributed by atoms with Crippen LogP contribution in [-0.4, -0.2) is 19.6 Å². The number of benzene rings is 5. The number of phenols is 1. The van der Waals surface area contributed by atoms with Gasteiger partial charge < -0.3 is 5.11 Å². The molecule has 1 N–H and O–H groups in total. The molecule has 0 amide bonds. The molecule has 2 aromatic heterocycles. The summed E-state index contributed by atoms with van der Waals surface area (Å²) in [6.45, 7) is 13.8. The summed E-state index contributed by atoms with van der Waals surface area (Å²) in [5.74, 6) is -0.589. The van der Waals surface area contributed by atoms with Crippen LogP contribution in [0.1, 0.15) is 58.2 Å². The number of rotatable bonds is 5. The molecular formula is C46H41F3N3OPt-. The van der Waals surface area contributed by atoms with Crippen LogP contribution in [0.3, 0.4) is 0 Å². The molecular weight excluding hydrogens is 863 g/mol. The first-order valence-corrected chi connectivity index (χ1v) is 17.6. The number of halogens is 3. The van der Waals surface area contributed by atoms with Gasteiger partial charge in [-0.1, -0.05) is 143 Å². The van der Waals surface area contributed by atoms with Crippen LogP contribution in [0.25, 0.3) is 67.1 Å². The molecule has 2 heterocycles. The van der Waals surface area contributed by atoms with Crippen LogP contribution in [-0.2, 0) is 38.2 Å². The van der Waals surface area contributed by atoms with Crippen molar-refractivity contribution in [2.24, 2.45) is 0 Å². The molecule has 8 heteroatoms. The van der Waals surface area contributed by atoms with Crippen LogP contribution in [0.5, 0.6) is 5.75 Å². The maximum atomic E-state index is 15.2. The maximum Gasteiger partial charge on any atom is 0.490 e. The molecule has 0 unspecified atom stereocenters. The van der Waals surface area contributed by atoms with Gasteiger partial charge in [0.1, 0.15) is 5.75 Å². The molecule has 7 aromatic rings. The van der Waals surface area contributed by atoms with Gasteiger partial charge in [0, 0.05) is 38.5 Å². The Hall–Kier alpha value is -5.00. The second-order valence-corrected chi connectivity index (χ2v) is 15.6. The molecule has 7 rings (SSSR count). The second-order valence-electron chi connectivity index (χ2n) is 15.6. The molecule has 5 aromatic carbocycles. The molecule has 4 nitrogen and oxygen atoms in total. The monoisotopic (exact) mass is 903 g/mol. The molecule has 278 valence electrons. The molecule has 0 radical (unpaired) electrons. The standard InChI is InChI=1S/C46H41F3N3O.Pt/c1-28-27-50-39(26-36(28)30-17-12-9-13-18-30)33-22-31(29-15-10-8-11-16-29)21-32(23-33)35-19-14-20-40-41(35)51-43(52(40)46(47,48)49)37-24-34(44(2,3)4)25-38(42(37)53)45(5,6)7;/h8-22,24-27,53H,1-7H3;/q-1;. The third-order valence-corrected chi connectivity index (χ3v) is 9.69. The fraction of sp³-hybridized carbons (Fsp3) is 0.217. The van der Waals surface area contributed by atoms with Crippen LogP contribution in [0, 0.1) is 13.0 Å². The van der Waals surface area contributed by atoms with E-state index in [0.29, 0.717) is 27.9 Å². The van der Waals surface area contributed by atoms with Crippen LogP contribution in [0.4, 0.5) is 13.2 Å². The van der Waals surface area contributed by atoms with Gasteiger partial charge in [-0.15, -0.1) is 36.9 Å². The van der Waals surface area contributed by atoms with Gasteiger partial charge in [-0.05, 0) is 57.7 Å². The van der Waals surface area contributed by atoms with Crippen molar-refractivity contribution in [1.29, 1.82) is 0 Å². The third-order valence-electron chi connectivity index (χ3n) is 9.69. The van der Waals surface area contributed by atoms with Gasteiger partial charge >= 0.3 is 6.30 Å². The number of aromatic hydroxyl groups is 1. The Morgan fingerprint density at radius 3 is 1.89 bits per heavy atom. The number of hydrogen-bond donors (Lipinski definition) is 1. The molecule has 0 spiro atoms. The zero-order valence-electron chi connectivity index (χ0n) is 31.2. The van der Waals surface area contributed by atoms with E-state index in [1.54, 1.807) is 18.2 Å². The summed E-state index contributed by atoms with van der Waals surface area (Å²) in [7, 11) is 0. The van der Waals surface area contributed by atoms with Crippen LogP contribution in [0.2, 0.25) is 0 Å². The van der Waals surface area contributed by atoms with E-state index >= 15 is 13.2 Å². The smallest absolute Gasteiger partial charge is 0.490 e. The quantitative estimate of drug-likeness (QED) is 0.175. The fourth-order valence-electron chi connectivity index (χ4n) is 6.81. The Balaban J connectivity index is 0.00000497. The van der Waals surface area contributed by atoms with Crippen molar-refractivity contribution in [1.82, 2.24) is 14.5 Å². The van der Waals surface area contributed by atoms with E-state index in [4.69, 9.17) is 9.97 Å². The summed E-state index contributed by atoms with van der Waals surface area (Å²) in [5.41, 5.74) is 7.75.